The summed E-state index contributed by atoms with van der Waals surface area (Å²) in [6.07, 6.45) is 2.08. The number of nitrogens with two attached hydrogens (primary N) is 1. The van der Waals surface area contributed by atoms with Crippen LogP contribution in [0.2, 0.25) is 0 Å². The van der Waals surface area contributed by atoms with E-state index in [-0.39, 0.29) is 17.2 Å². The first kappa shape index (κ1) is 8.80. The molecule has 0 saturated carbocycles. The molecule has 1 aliphatic rings. The van der Waals surface area contributed by atoms with E-state index in [9.17, 15) is 9.59 Å². The van der Waals surface area contributed by atoms with Gasteiger partial charge in [0.1, 0.15) is 6.04 Å². The molecule has 0 spiro atoms. The minimum absolute atomic E-state index is 0.146. The minimum atomic E-state index is -0.508. The molecule has 1 aromatic rings. The highest BCUT2D eigenvalue weighted by Crippen LogP contribution is 2.18. The number of nitrogens with zero attached hydrogens (tertiary/aromatic N) is 1. The predicted octanol–water partition coefficient (Wildman–Crippen LogP) is -0.0815. The molecule has 0 radical (unpaired) electrons. The lowest BCUT2D eigenvalue weighted by Gasteiger charge is -2.09. The Kier molecular flexibility index (Phi) is 1.99. The second kappa shape index (κ2) is 3.17. The first-order valence-electron chi connectivity index (χ1n) is 4.33. The van der Waals surface area contributed by atoms with E-state index >= 15 is 0 Å². The Morgan fingerprint density at radius 2 is 2.29 bits per heavy atom. The van der Waals surface area contributed by atoms with Crippen molar-refractivity contribution < 1.29 is 9.53 Å². The number of pyridine rings is 1. The number of cyclic esters (lactones) is 1. The number of esters is 1. The fourth-order valence-electron chi connectivity index (χ4n) is 1.51. The average Bonchev–Trinajstić information content (AvgIpc) is 2.57. The van der Waals surface area contributed by atoms with Crippen LogP contribution in [-0.2, 0) is 9.53 Å². The predicted molar refractivity (Wildman–Crippen MR) is 49.7 cm³/mol. The van der Waals surface area contributed by atoms with Crippen LogP contribution >= 0.6 is 0 Å². The normalized spacial score (nSPS) is 20.9. The number of rotatable bonds is 1. The van der Waals surface area contributed by atoms with Crippen molar-refractivity contribution in [3.8, 4) is 0 Å². The summed E-state index contributed by atoms with van der Waals surface area (Å²) in [6, 6.07) is 2.65. The summed E-state index contributed by atoms with van der Waals surface area (Å²) in [5.41, 5.74) is 5.26. The second-order valence-corrected chi connectivity index (χ2v) is 3.15. The number of carbonyl (C=O) groups is 1. The molecule has 1 atom stereocenters. The molecule has 2 heterocycles. The lowest BCUT2D eigenvalue weighted by atomic mass is 10.2. The zero-order valence-corrected chi connectivity index (χ0v) is 7.47. The summed E-state index contributed by atoms with van der Waals surface area (Å²) < 4.78 is 6.10. The van der Waals surface area contributed by atoms with Crippen molar-refractivity contribution in [2.75, 3.05) is 12.3 Å². The number of hydrogen-bond acceptors (Lipinski definition) is 4. The maximum Gasteiger partial charge on any atom is 0.329 e. The Morgan fingerprint density at radius 1 is 1.50 bits per heavy atom. The van der Waals surface area contributed by atoms with Crippen molar-refractivity contribution in [1.29, 1.82) is 0 Å². The minimum Gasteiger partial charge on any atom is -0.464 e. The smallest absolute Gasteiger partial charge is 0.329 e. The van der Waals surface area contributed by atoms with Crippen molar-refractivity contribution >= 4 is 11.7 Å². The van der Waals surface area contributed by atoms with Gasteiger partial charge in [-0.25, -0.2) is 4.79 Å². The molecular weight excluding hydrogens is 184 g/mol. The highest BCUT2D eigenvalue weighted by molar-refractivity contribution is 5.76. The SMILES string of the molecule is Nc1cccn(C2CCOC2=O)c1=O. The van der Waals surface area contributed by atoms with Crippen LogP contribution in [-0.4, -0.2) is 17.1 Å². The lowest BCUT2D eigenvalue weighted by Crippen LogP contribution is -2.28. The third-order valence-corrected chi connectivity index (χ3v) is 2.25. The van der Waals surface area contributed by atoms with Gasteiger partial charge in [0.05, 0.1) is 12.3 Å². The van der Waals surface area contributed by atoms with Gasteiger partial charge in [0.2, 0.25) is 0 Å². The molecule has 0 bridgehead atoms. The maximum absolute atomic E-state index is 11.5. The van der Waals surface area contributed by atoms with Gasteiger partial charge in [-0.15, -0.1) is 0 Å². The molecule has 1 fully saturated rings. The van der Waals surface area contributed by atoms with E-state index in [1.807, 2.05) is 0 Å². The maximum atomic E-state index is 11.5. The molecule has 2 N–H and O–H groups in total. The summed E-state index contributed by atoms with van der Waals surface area (Å²) in [4.78, 5) is 22.7. The fourth-order valence-corrected chi connectivity index (χ4v) is 1.51. The number of carbonyl (C=O) groups excluding carboxylic acids is 1. The van der Waals surface area contributed by atoms with Crippen molar-refractivity contribution in [1.82, 2.24) is 4.57 Å². The van der Waals surface area contributed by atoms with Gasteiger partial charge in [0.25, 0.3) is 5.56 Å². The largest absolute Gasteiger partial charge is 0.464 e. The lowest BCUT2D eigenvalue weighted by molar-refractivity contribution is -0.140. The van der Waals surface area contributed by atoms with Gasteiger partial charge in [-0.2, -0.15) is 0 Å². The molecule has 0 amide bonds. The molecule has 1 unspecified atom stereocenters. The fraction of sp³-hybridized carbons (Fsp3) is 0.333. The van der Waals surface area contributed by atoms with Gasteiger partial charge in [0.15, 0.2) is 0 Å². The molecule has 74 valence electrons. The number of nitrogen functional groups attached to an aromatic ring is 1. The molecule has 14 heavy (non-hydrogen) atoms. The van der Waals surface area contributed by atoms with Crippen LogP contribution < -0.4 is 11.3 Å². The summed E-state index contributed by atoms with van der Waals surface area (Å²) in [5, 5.41) is 0. The van der Waals surface area contributed by atoms with Crippen molar-refractivity contribution in [3.05, 3.63) is 28.7 Å². The van der Waals surface area contributed by atoms with E-state index in [0.29, 0.717) is 13.0 Å². The Morgan fingerprint density at radius 3 is 2.93 bits per heavy atom. The Bertz CT molecular complexity index is 424. The molecule has 5 heteroatoms. The molecule has 5 nitrogen and oxygen atoms in total. The Labute approximate surface area is 80.1 Å². The van der Waals surface area contributed by atoms with E-state index in [1.54, 1.807) is 12.3 Å². The van der Waals surface area contributed by atoms with E-state index in [1.165, 1.54) is 10.6 Å². The molecule has 0 aliphatic carbocycles. The zero-order valence-electron chi connectivity index (χ0n) is 7.47. The van der Waals surface area contributed by atoms with E-state index in [4.69, 9.17) is 10.5 Å². The molecule has 2 rings (SSSR count). The molecule has 1 aromatic heterocycles. The van der Waals surface area contributed by atoms with Gasteiger partial charge in [-0.05, 0) is 12.1 Å². The summed E-state index contributed by atoms with van der Waals surface area (Å²) in [5.74, 6) is -0.363. The summed E-state index contributed by atoms with van der Waals surface area (Å²) >= 11 is 0. The van der Waals surface area contributed by atoms with Gasteiger partial charge < -0.3 is 10.5 Å². The van der Waals surface area contributed by atoms with Crippen molar-refractivity contribution in [2.45, 2.75) is 12.5 Å². The Balaban J connectivity index is 2.46. The van der Waals surface area contributed by atoms with E-state index in [0.717, 1.165) is 0 Å². The average molecular weight is 194 g/mol. The number of ether oxygens (including phenoxy) is 1. The Hall–Kier alpha value is -1.78. The number of aromatic nitrogens is 1. The number of hydrogen-bond donors (Lipinski definition) is 1. The van der Waals surface area contributed by atoms with Crippen LogP contribution in [0.25, 0.3) is 0 Å². The topological polar surface area (TPSA) is 74.3 Å². The van der Waals surface area contributed by atoms with E-state index < -0.39 is 6.04 Å². The monoisotopic (exact) mass is 194 g/mol. The van der Waals surface area contributed by atoms with Gasteiger partial charge in [-0.1, -0.05) is 0 Å². The zero-order chi connectivity index (χ0) is 10.1. The molecule has 1 saturated heterocycles. The van der Waals surface area contributed by atoms with E-state index in [2.05, 4.69) is 0 Å². The van der Waals surface area contributed by atoms with Crippen molar-refractivity contribution in [2.24, 2.45) is 0 Å². The van der Waals surface area contributed by atoms with Gasteiger partial charge >= 0.3 is 5.97 Å². The molecular formula is C9H10N2O3. The summed E-state index contributed by atoms with van der Waals surface area (Å²) in [7, 11) is 0. The number of anilines is 1. The van der Waals surface area contributed by atoms with Crippen LogP contribution in [0.5, 0.6) is 0 Å². The van der Waals surface area contributed by atoms with Crippen LogP contribution in [0, 0.1) is 0 Å². The quantitative estimate of drug-likeness (QED) is 0.634. The summed E-state index contributed by atoms with van der Waals surface area (Å²) in [6.45, 7) is 0.366. The van der Waals surface area contributed by atoms with Gasteiger partial charge in [-0.3, -0.25) is 9.36 Å². The second-order valence-electron chi connectivity index (χ2n) is 3.15. The highest BCUT2D eigenvalue weighted by atomic mass is 16.5. The highest BCUT2D eigenvalue weighted by Gasteiger charge is 2.28. The van der Waals surface area contributed by atoms with Crippen LogP contribution in [0.3, 0.4) is 0 Å². The standard InChI is InChI=1S/C9H10N2O3/c10-6-2-1-4-11(8(6)12)7-3-5-14-9(7)13/h1-2,4,7H,3,5,10H2. The molecule has 1 aliphatic heterocycles. The van der Waals surface area contributed by atoms with Gasteiger partial charge in [0, 0.05) is 12.6 Å². The van der Waals surface area contributed by atoms with Crippen LogP contribution in [0.1, 0.15) is 12.5 Å². The van der Waals surface area contributed by atoms with Crippen LogP contribution in [0.15, 0.2) is 23.1 Å². The van der Waals surface area contributed by atoms with Crippen molar-refractivity contribution in [3.63, 3.8) is 0 Å². The third-order valence-electron chi connectivity index (χ3n) is 2.25. The first-order chi connectivity index (χ1) is 6.70. The first-order valence-corrected chi connectivity index (χ1v) is 4.33. The third kappa shape index (κ3) is 1.26. The molecule has 0 aromatic carbocycles. The van der Waals surface area contributed by atoms with Crippen LogP contribution in [0.4, 0.5) is 5.69 Å².